The van der Waals surface area contributed by atoms with Gasteiger partial charge in [0, 0.05) is 23.7 Å². The quantitative estimate of drug-likeness (QED) is 0.845. The Labute approximate surface area is 135 Å². The van der Waals surface area contributed by atoms with Gasteiger partial charge in [-0.05, 0) is 62.3 Å². The van der Waals surface area contributed by atoms with Crippen LogP contribution in [0.25, 0.3) is 0 Å². The largest absolute Gasteiger partial charge is 0.481 e. The number of carbonyl (C=O) groups is 2. The van der Waals surface area contributed by atoms with Crippen LogP contribution in [0, 0.1) is 29.1 Å². The summed E-state index contributed by atoms with van der Waals surface area (Å²) in [6.45, 7) is 0. The van der Waals surface area contributed by atoms with Crippen molar-refractivity contribution in [2.75, 3.05) is 0 Å². The molecule has 1 atom stereocenters. The van der Waals surface area contributed by atoms with Gasteiger partial charge in [-0.25, -0.2) is 9.97 Å². The zero-order chi connectivity index (χ0) is 16.0. The van der Waals surface area contributed by atoms with E-state index >= 15 is 0 Å². The topological polar surface area (TPSA) is 80.2 Å². The minimum atomic E-state index is -1.01. The molecule has 1 aromatic rings. The van der Waals surface area contributed by atoms with E-state index in [-0.39, 0.29) is 17.6 Å². The normalized spacial score (nSPS) is 35.9. The highest BCUT2D eigenvalue weighted by Gasteiger charge is 2.56. The Morgan fingerprint density at radius 3 is 2.26 bits per heavy atom. The van der Waals surface area contributed by atoms with Gasteiger partial charge in [-0.1, -0.05) is 0 Å². The summed E-state index contributed by atoms with van der Waals surface area (Å²) in [6, 6.07) is 1.70. The maximum Gasteiger partial charge on any atom is 0.314 e. The molecule has 0 aliphatic heterocycles. The van der Waals surface area contributed by atoms with Crippen molar-refractivity contribution in [3.63, 3.8) is 0 Å². The summed E-state index contributed by atoms with van der Waals surface area (Å²) in [6.07, 6.45) is 9.64. The van der Waals surface area contributed by atoms with Gasteiger partial charge in [0.1, 0.15) is 12.2 Å². The number of hydrogen-bond donors (Lipinski definition) is 1. The summed E-state index contributed by atoms with van der Waals surface area (Å²) in [5.74, 6) is -0.107. The van der Waals surface area contributed by atoms with Crippen molar-refractivity contribution in [2.45, 2.75) is 44.9 Å². The fourth-order valence-corrected chi connectivity index (χ4v) is 5.72. The molecule has 1 heterocycles. The Hall–Kier alpha value is -1.78. The second-order valence-electron chi connectivity index (χ2n) is 7.86. The van der Waals surface area contributed by atoms with Crippen molar-refractivity contribution < 1.29 is 14.7 Å². The average Bonchev–Trinajstić information content (AvgIpc) is 2.51. The fraction of sp³-hybridized carbons (Fsp3) is 0.667. The third-order valence-corrected chi connectivity index (χ3v) is 6.23. The van der Waals surface area contributed by atoms with Gasteiger partial charge in [0.25, 0.3) is 0 Å². The van der Waals surface area contributed by atoms with Crippen LogP contribution in [0.3, 0.4) is 0 Å². The number of carboxylic acids is 1. The Morgan fingerprint density at radius 2 is 1.78 bits per heavy atom. The van der Waals surface area contributed by atoms with E-state index in [0.29, 0.717) is 23.4 Å². The molecule has 122 valence electrons. The van der Waals surface area contributed by atoms with Gasteiger partial charge < -0.3 is 5.11 Å². The van der Waals surface area contributed by atoms with Crippen molar-refractivity contribution in [2.24, 2.45) is 29.1 Å². The predicted molar refractivity (Wildman–Crippen MR) is 82.5 cm³/mol. The van der Waals surface area contributed by atoms with Crippen molar-refractivity contribution in [1.82, 2.24) is 9.97 Å². The van der Waals surface area contributed by atoms with Crippen LogP contribution in [0.5, 0.6) is 0 Å². The second kappa shape index (κ2) is 5.39. The van der Waals surface area contributed by atoms with E-state index in [1.807, 2.05) is 0 Å². The first-order valence-electron chi connectivity index (χ1n) is 8.58. The number of ketones is 1. The lowest BCUT2D eigenvalue weighted by Gasteiger charge is -2.56. The molecule has 1 unspecified atom stereocenters. The number of aliphatic carboxylic acids is 1. The van der Waals surface area contributed by atoms with E-state index in [1.165, 1.54) is 25.6 Å². The molecule has 0 aromatic carbocycles. The number of carboxylic acid groups (broad SMARTS) is 1. The molecule has 5 nitrogen and oxygen atoms in total. The maximum absolute atomic E-state index is 13.2. The molecular formula is C18H22N2O3. The molecular weight excluding hydrogens is 292 g/mol. The lowest BCUT2D eigenvalue weighted by Crippen LogP contribution is -2.52. The number of Topliss-reactive ketones (excluding diaryl/α,β-unsaturated/α-hetero) is 1. The summed E-state index contributed by atoms with van der Waals surface area (Å²) < 4.78 is 0. The molecule has 4 fully saturated rings. The highest BCUT2D eigenvalue weighted by atomic mass is 16.4. The Morgan fingerprint density at radius 1 is 1.17 bits per heavy atom. The summed E-state index contributed by atoms with van der Waals surface area (Å²) >= 11 is 0. The first kappa shape index (κ1) is 14.8. The number of rotatable bonds is 5. The monoisotopic (exact) mass is 314 g/mol. The van der Waals surface area contributed by atoms with Gasteiger partial charge in [0.15, 0.2) is 5.78 Å². The summed E-state index contributed by atoms with van der Waals surface area (Å²) in [7, 11) is 0. The SMILES string of the molecule is O=C(O)C(Cc1ccncn1)C(=O)C12CC3CC(CC(C3)C1)C2. The molecule has 4 saturated carbocycles. The maximum atomic E-state index is 13.2. The molecule has 23 heavy (non-hydrogen) atoms. The fourth-order valence-electron chi connectivity index (χ4n) is 5.72. The second-order valence-corrected chi connectivity index (χ2v) is 7.86. The zero-order valence-electron chi connectivity index (χ0n) is 13.1. The molecule has 5 rings (SSSR count). The van der Waals surface area contributed by atoms with Crippen molar-refractivity contribution >= 4 is 11.8 Å². The standard InChI is InChI=1S/C18H22N2O3/c21-16(15(17(22)23)6-14-1-2-19-10-20-14)18-7-11-3-12(8-18)5-13(4-11)9-18/h1-2,10-13,15H,3-9H2,(H,22,23). The summed E-state index contributed by atoms with van der Waals surface area (Å²) in [5.41, 5.74) is 0.260. The first-order valence-corrected chi connectivity index (χ1v) is 8.58. The van der Waals surface area contributed by atoms with Gasteiger partial charge in [-0.15, -0.1) is 0 Å². The van der Waals surface area contributed by atoms with E-state index in [9.17, 15) is 14.7 Å². The zero-order valence-corrected chi connectivity index (χ0v) is 13.1. The predicted octanol–water partition coefficient (Wildman–Crippen LogP) is 2.51. The lowest BCUT2D eigenvalue weighted by atomic mass is 9.47. The van der Waals surface area contributed by atoms with E-state index in [4.69, 9.17) is 0 Å². The van der Waals surface area contributed by atoms with Crippen LogP contribution in [-0.2, 0) is 16.0 Å². The molecule has 0 radical (unpaired) electrons. The molecule has 1 aromatic heterocycles. The Balaban J connectivity index is 1.59. The van der Waals surface area contributed by atoms with Crippen molar-refractivity contribution in [3.8, 4) is 0 Å². The molecule has 0 saturated heterocycles. The minimum Gasteiger partial charge on any atom is -0.481 e. The van der Waals surface area contributed by atoms with Gasteiger partial charge in [-0.2, -0.15) is 0 Å². The number of nitrogens with zero attached hydrogens (tertiary/aromatic N) is 2. The Kier molecular flexibility index (Phi) is 3.47. The highest BCUT2D eigenvalue weighted by molar-refractivity contribution is 6.01. The Bertz CT molecular complexity index is 593. The average molecular weight is 314 g/mol. The van der Waals surface area contributed by atoms with Crippen LogP contribution in [-0.4, -0.2) is 26.8 Å². The van der Waals surface area contributed by atoms with Crippen molar-refractivity contribution in [3.05, 3.63) is 24.3 Å². The number of aromatic nitrogens is 2. The number of hydrogen-bond acceptors (Lipinski definition) is 4. The highest BCUT2D eigenvalue weighted by Crippen LogP contribution is 2.61. The van der Waals surface area contributed by atoms with E-state index < -0.39 is 11.9 Å². The molecule has 0 amide bonds. The molecule has 0 spiro atoms. The van der Waals surface area contributed by atoms with Crippen LogP contribution in [0.15, 0.2) is 18.6 Å². The van der Waals surface area contributed by atoms with Crippen LogP contribution in [0.2, 0.25) is 0 Å². The molecule has 4 bridgehead atoms. The third-order valence-electron chi connectivity index (χ3n) is 6.23. The van der Waals surface area contributed by atoms with Crippen LogP contribution >= 0.6 is 0 Å². The number of carbonyl (C=O) groups excluding carboxylic acids is 1. The van der Waals surface area contributed by atoms with E-state index in [0.717, 1.165) is 19.3 Å². The van der Waals surface area contributed by atoms with E-state index in [2.05, 4.69) is 9.97 Å². The van der Waals surface area contributed by atoms with Gasteiger partial charge in [0.2, 0.25) is 0 Å². The lowest BCUT2D eigenvalue weighted by molar-refractivity contribution is -0.157. The summed E-state index contributed by atoms with van der Waals surface area (Å²) in [4.78, 5) is 32.9. The minimum absolute atomic E-state index is 0.0392. The van der Waals surface area contributed by atoms with Crippen LogP contribution < -0.4 is 0 Å². The molecule has 4 aliphatic rings. The van der Waals surface area contributed by atoms with Gasteiger partial charge >= 0.3 is 5.97 Å². The van der Waals surface area contributed by atoms with E-state index in [1.54, 1.807) is 12.3 Å². The molecule has 1 N–H and O–H groups in total. The van der Waals surface area contributed by atoms with Gasteiger partial charge in [0.05, 0.1) is 0 Å². The van der Waals surface area contributed by atoms with Crippen molar-refractivity contribution in [1.29, 1.82) is 0 Å². The third kappa shape index (κ3) is 2.56. The van der Waals surface area contributed by atoms with Crippen LogP contribution in [0.4, 0.5) is 0 Å². The molecule has 5 heteroatoms. The smallest absolute Gasteiger partial charge is 0.314 e. The summed E-state index contributed by atoms with van der Waals surface area (Å²) in [5, 5.41) is 9.64. The van der Waals surface area contributed by atoms with Crippen LogP contribution in [0.1, 0.15) is 44.2 Å². The first-order chi connectivity index (χ1) is 11.1. The van der Waals surface area contributed by atoms with Gasteiger partial charge in [-0.3, -0.25) is 9.59 Å². The molecule has 4 aliphatic carbocycles.